The molecule has 0 aliphatic carbocycles. The van der Waals surface area contributed by atoms with E-state index in [4.69, 9.17) is 4.74 Å². The Morgan fingerprint density at radius 1 is 0.902 bits per heavy atom. The Balaban J connectivity index is 1.43. The number of nitrogens with one attached hydrogen (secondary N) is 1. The van der Waals surface area contributed by atoms with E-state index in [-0.39, 0.29) is 29.7 Å². The van der Waals surface area contributed by atoms with Crippen LogP contribution in [0.3, 0.4) is 0 Å². The molecule has 0 saturated carbocycles. The van der Waals surface area contributed by atoms with Crippen LogP contribution < -0.4 is 10.1 Å². The van der Waals surface area contributed by atoms with Crippen molar-refractivity contribution in [2.45, 2.75) is 63.6 Å². The van der Waals surface area contributed by atoms with E-state index >= 15 is 0 Å². The third-order valence-electron chi connectivity index (χ3n) is 7.52. The van der Waals surface area contributed by atoms with Crippen molar-refractivity contribution in [1.82, 2.24) is 14.5 Å². The standard InChI is InChI=1S/C32H39N3O5S/c1-24-6-8-27(9-7-24)22-33-32(37)25(2)35(23-28-10-15-29(40-3)16-11-28)31(36)19-14-26-12-17-30(18-13-26)41(38,39)34-20-4-5-21-34/h6-13,15-18,25H,4-5,14,19-23H2,1-3H3,(H,33,37)/t25-/m0/s1. The number of carbonyl (C=O) groups is 2. The molecule has 0 spiro atoms. The highest BCUT2D eigenvalue weighted by Crippen LogP contribution is 2.22. The zero-order valence-corrected chi connectivity index (χ0v) is 24.8. The predicted molar refractivity (Wildman–Crippen MR) is 159 cm³/mol. The average molecular weight is 578 g/mol. The molecule has 1 heterocycles. The molecule has 0 aromatic heterocycles. The van der Waals surface area contributed by atoms with E-state index in [0.717, 1.165) is 35.1 Å². The van der Waals surface area contributed by atoms with Crippen molar-refractivity contribution in [3.05, 3.63) is 95.1 Å². The number of hydrogen-bond acceptors (Lipinski definition) is 5. The molecule has 1 atom stereocenters. The van der Waals surface area contributed by atoms with Gasteiger partial charge >= 0.3 is 0 Å². The average Bonchev–Trinajstić information content (AvgIpc) is 3.55. The molecule has 1 saturated heterocycles. The summed E-state index contributed by atoms with van der Waals surface area (Å²) in [5, 5.41) is 2.96. The molecule has 3 aromatic carbocycles. The van der Waals surface area contributed by atoms with Gasteiger partial charge in [-0.05, 0) is 74.1 Å². The molecular weight excluding hydrogens is 538 g/mol. The molecule has 4 rings (SSSR count). The SMILES string of the molecule is COc1ccc(CN(C(=O)CCc2ccc(S(=O)(=O)N3CCCC3)cc2)[C@@H](C)C(=O)NCc2ccc(C)cc2)cc1. The predicted octanol–water partition coefficient (Wildman–Crippen LogP) is 4.45. The van der Waals surface area contributed by atoms with Crippen LogP contribution in [0.1, 0.15) is 48.4 Å². The Kier molecular flexibility index (Phi) is 10.2. The maximum Gasteiger partial charge on any atom is 0.243 e. The highest BCUT2D eigenvalue weighted by Gasteiger charge is 2.28. The van der Waals surface area contributed by atoms with Gasteiger partial charge in [0.25, 0.3) is 0 Å². The van der Waals surface area contributed by atoms with Gasteiger partial charge in [-0.15, -0.1) is 0 Å². The quantitative estimate of drug-likeness (QED) is 0.343. The number of hydrogen-bond donors (Lipinski definition) is 1. The first-order chi connectivity index (χ1) is 19.7. The third-order valence-corrected chi connectivity index (χ3v) is 9.43. The van der Waals surface area contributed by atoms with E-state index in [1.165, 1.54) is 4.31 Å². The normalized spacial score (nSPS) is 14.4. The van der Waals surface area contributed by atoms with Crippen LogP contribution in [-0.4, -0.2) is 55.7 Å². The van der Waals surface area contributed by atoms with Gasteiger partial charge in [0, 0.05) is 32.6 Å². The summed E-state index contributed by atoms with van der Waals surface area (Å²) in [6.45, 7) is 5.51. The van der Waals surface area contributed by atoms with Crippen LogP contribution in [0.25, 0.3) is 0 Å². The Morgan fingerprint density at radius 3 is 2.10 bits per heavy atom. The topological polar surface area (TPSA) is 96.0 Å². The first-order valence-corrected chi connectivity index (χ1v) is 15.5. The van der Waals surface area contributed by atoms with E-state index < -0.39 is 16.1 Å². The number of benzene rings is 3. The maximum absolute atomic E-state index is 13.5. The highest BCUT2D eigenvalue weighted by atomic mass is 32.2. The smallest absolute Gasteiger partial charge is 0.243 e. The molecule has 1 aliphatic rings. The number of sulfonamides is 1. The Hall–Kier alpha value is -3.69. The fourth-order valence-electron chi connectivity index (χ4n) is 4.85. The summed E-state index contributed by atoms with van der Waals surface area (Å²) in [6, 6.07) is 21.4. The van der Waals surface area contributed by atoms with Crippen molar-refractivity contribution in [3.63, 3.8) is 0 Å². The first kappa shape index (κ1) is 30.3. The summed E-state index contributed by atoms with van der Waals surface area (Å²) < 4.78 is 32.4. The van der Waals surface area contributed by atoms with Gasteiger partial charge in [0.1, 0.15) is 11.8 Å². The highest BCUT2D eigenvalue weighted by molar-refractivity contribution is 7.89. The third kappa shape index (κ3) is 7.95. The fourth-order valence-corrected chi connectivity index (χ4v) is 6.37. The van der Waals surface area contributed by atoms with Crippen molar-refractivity contribution < 1.29 is 22.7 Å². The molecule has 9 heteroatoms. The lowest BCUT2D eigenvalue weighted by Gasteiger charge is -2.29. The first-order valence-electron chi connectivity index (χ1n) is 14.0. The van der Waals surface area contributed by atoms with Crippen LogP contribution >= 0.6 is 0 Å². The molecule has 0 bridgehead atoms. The molecule has 2 amide bonds. The second-order valence-corrected chi connectivity index (χ2v) is 12.4. The van der Waals surface area contributed by atoms with Gasteiger partial charge in [-0.1, -0.05) is 54.1 Å². The minimum atomic E-state index is -3.48. The van der Waals surface area contributed by atoms with Crippen LogP contribution in [-0.2, 0) is 39.1 Å². The molecule has 0 unspecified atom stereocenters. The molecule has 8 nitrogen and oxygen atoms in total. The Morgan fingerprint density at radius 2 is 1.49 bits per heavy atom. The van der Waals surface area contributed by atoms with Gasteiger partial charge in [0.05, 0.1) is 12.0 Å². The number of aryl methyl sites for hydroxylation is 2. The Bertz CT molecular complexity index is 1420. The monoisotopic (exact) mass is 577 g/mol. The lowest BCUT2D eigenvalue weighted by molar-refractivity contribution is -0.140. The minimum Gasteiger partial charge on any atom is -0.497 e. The lowest BCUT2D eigenvalue weighted by Crippen LogP contribution is -2.47. The number of rotatable bonds is 12. The van der Waals surface area contributed by atoms with E-state index in [1.807, 2.05) is 55.5 Å². The van der Waals surface area contributed by atoms with Gasteiger partial charge < -0.3 is 15.0 Å². The van der Waals surface area contributed by atoms with Crippen LogP contribution in [0, 0.1) is 6.92 Å². The largest absolute Gasteiger partial charge is 0.497 e. The van der Waals surface area contributed by atoms with Gasteiger partial charge in [-0.25, -0.2) is 8.42 Å². The van der Waals surface area contributed by atoms with Crippen molar-refractivity contribution >= 4 is 21.8 Å². The van der Waals surface area contributed by atoms with E-state index in [9.17, 15) is 18.0 Å². The van der Waals surface area contributed by atoms with Crippen molar-refractivity contribution in [1.29, 1.82) is 0 Å². The van der Waals surface area contributed by atoms with Crippen molar-refractivity contribution in [2.24, 2.45) is 0 Å². The molecule has 1 N–H and O–H groups in total. The number of nitrogens with zero attached hydrogens (tertiary/aromatic N) is 2. The van der Waals surface area contributed by atoms with E-state index in [1.54, 1.807) is 43.2 Å². The fraction of sp³-hybridized carbons (Fsp3) is 0.375. The van der Waals surface area contributed by atoms with Crippen LogP contribution in [0.5, 0.6) is 5.75 Å². The van der Waals surface area contributed by atoms with E-state index in [2.05, 4.69) is 5.32 Å². The number of carbonyl (C=O) groups excluding carboxylic acids is 2. The molecule has 1 aliphatic heterocycles. The summed E-state index contributed by atoms with van der Waals surface area (Å²) in [7, 11) is -1.89. The summed E-state index contributed by atoms with van der Waals surface area (Å²) in [5.41, 5.74) is 3.88. The summed E-state index contributed by atoms with van der Waals surface area (Å²) in [5.74, 6) is 0.321. The molecule has 218 valence electrons. The van der Waals surface area contributed by atoms with Gasteiger partial charge in [-0.2, -0.15) is 4.31 Å². The second kappa shape index (κ2) is 13.8. The summed E-state index contributed by atoms with van der Waals surface area (Å²) >= 11 is 0. The minimum absolute atomic E-state index is 0.160. The molecular formula is C32H39N3O5S. The molecule has 3 aromatic rings. The zero-order chi connectivity index (χ0) is 29.4. The van der Waals surface area contributed by atoms with Crippen LogP contribution in [0.4, 0.5) is 0 Å². The number of methoxy groups -OCH3 is 1. The van der Waals surface area contributed by atoms with Crippen molar-refractivity contribution in [3.8, 4) is 5.75 Å². The number of amides is 2. The second-order valence-electron chi connectivity index (χ2n) is 10.5. The zero-order valence-electron chi connectivity index (χ0n) is 24.0. The maximum atomic E-state index is 13.5. The van der Waals surface area contributed by atoms with Crippen LogP contribution in [0.2, 0.25) is 0 Å². The number of ether oxygens (including phenoxy) is 1. The van der Waals surface area contributed by atoms with Gasteiger partial charge in [0.15, 0.2) is 0 Å². The Labute approximate surface area is 243 Å². The van der Waals surface area contributed by atoms with Gasteiger partial charge in [0.2, 0.25) is 21.8 Å². The lowest BCUT2D eigenvalue weighted by atomic mass is 10.1. The van der Waals surface area contributed by atoms with Crippen LogP contribution in [0.15, 0.2) is 77.7 Å². The summed E-state index contributed by atoms with van der Waals surface area (Å²) in [4.78, 5) is 28.5. The molecule has 1 fully saturated rings. The van der Waals surface area contributed by atoms with E-state index in [0.29, 0.717) is 31.8 Å². The molecule has 0 radical (unpaired) electrons. The molecule has 41 heavy (non-hydrogen) atoms. The van der Waals surface area contributed by atoms with Crippen molar-refractivity contribution in [2.75, 3.05) is 20.2 Å². The summed E-state index contributed by atoms with van der Waals surface area (Å²) in [6.07, 6.45) is 2.38. The van der Waals surface area contributed by atoms with Gasteiger partial charge in [-0.3, -0.25) is 9.59 Å².